The zero-order chi connectivity index (χ0) is 13.7. The number of hydrogen-bond donors (Lipinski definition) is 2. The SMILES string of the molecule is CCNc1ccc(Cl)c(C(=O)NCC2CCCS2)n1. The average Bonchev–Trinajstić information content (AvgIpc) is 2.92. The van der Waals surface area contributed by atoms with Crippen molar-refractivity contribution in [2.75, 3.05) is 24.2 Å². The number of halogens is 1. The fourth-order valence-electron chi connectivity index (χ4n) is 1.98. The molecule has 1 fully saturated rings. The quantitative estimate of drug-likeness (QED) is 0.878. The lowest BCUT2D eigenvalue weighted by molar-refractivity contribution is 0.0949. The third kappa shape index (κ3) is 4.01. The van der Waals surface area contributed by atoms with Crippen molar-refractivity contribution in [3.05, 3.63) is 22.8 Å². The van der Waals surface area contributed by atoms with Crippen LogP contribution in [0, 0.1) is 0 Å². The van der Waals surface area contributed by atoms with Gasteiger partial charge in [-0.3, -0.25) is 4.79 Å². The van der Waals surface area contributed by atoms with Crippen LogP contribution in [0.5, 0.6) is 0 Å². The van der Waals surface area contributed by atoms with Crippen LogP contribution in [0.4, 0.5) is 5.82 Å². The number of carbonyl (C=O) groups excluding carboxylic acids is 1. The molecule has 1 saturated heterocycles. The molecule has 1 atom stereocenters. The first kappa shape index (κ1) is 14.5. The van der Waals surface area contributed by atoms with Gasteiger partial charge in [-0.2, -0.15) is 11.8 Å². The smallest absolute Gasteiger partial charge is 0.271 e. The van der Waals surface area contributed by atoms with Gasteiger partial charge in [-0.15, -0.1) is 0 Å². The number of thioether (sulfide) groups is 1. The van der Waals surface area contributed by atoms with E-state index in [4.69, 9.17) is 11.6 Å². The molecule has 2 rings (SSSR count). The molecule has 6 heteroatoms. The molecule has 2 heterocycles. The highest BCUT2D eigenvalue weighted by atomic mass is 35.5. The Morgan fingerprint density at radius 3 is 3.11 bits per heavy atom. The minimum absolute atomic E-state index is 0.197. The monoisotopic (exact) mass is 299 g/mol. The van der Waals surface area contributed by atoms with E-state index in [1.165, 1.54) is 18.6 Å². The van der Waals surface area contributed by atoms with Crippen LogP contribution in [0.1, 0.15) is 30.3 Å². The van der Waals surface area contributed by atoms with Gasteiger partial charge in [-0.05, 0) is 37.7 Å². The molecule has 2 N–H and O–H groups in total. The molecule has 1 aromatic rings. The summed E-state index contributed by atoms with van der Waals surface area (Å²) in [5, 5.41) is 6.90. The number of carbonyl (C=O) groups is 1. The molecular formula is C13H18ClN3OS. The van der Waals surface area contributed by atoms with Gasteiger partial charge in [0.05, 0.1) is 5.02 Å². The molecule has 4 nitrogen and oxygen atoms in total. The van der Waals surface area contributed by atoms with E-state index in [-0.39, 0.29) is 5.91 Å². The second kappa shape index (κ2) is 7.01. The summed E-state index contributed by atoms with van der Waals surface area (Å²) in [5.41, 5.74) is 0.295. The van der Waals surface area contributed by atoms with Crippen molar-refractivity contribution >= 4 is 35.1 Å². The van der Waals surface area contributed by atoms with Crippen LogP contribution in [0.15, 0.2) is 12.1 Å². The van der Waals surface area contributed by atoms with Crippen molar-refractivity contribution in [3.63, 3.8) is 0 Å². The van der Waals surface area contributed by atoms with Gasteiger partial charge in [0.1, 0.15) is 11.5 Å². The van der Waals surface area contributed by atoms with E-state index in [1.807, 2.05) is 18.7 Å². The van der Waals surface area contributed by atoms with Crippen LogP contribution >= 0.6 is 23.4 Å². The zero-order valence-corrected chi connectivity index (χ0v) is 12.5. The van der Waals surface area contributed by atoms with Gasteiger partial charge in [0, 0.05) is 18.3 Å². The van der Waals surface area contributed by atoms with Gasteiger partial charge in [0.25, 0.3) is 5.91 Å². The van der Waals surface area contributed by atoms with Gasteiger partial charge in [-0.25, -0.2) is 4.98 Å². The Morgan fingerprint density at radius 2 is 2.42 bits per heavy atom. The molecule has 0 bridgehead atoms. The number of pyridine rings is 1. The third-order valence-corrected chi connectivity index (χ3v) is 4.64. The molecule has 1 amide bonds. The largest absolute Gasteiger partial charge is 0.370 e. The summed E-state index contributed by atoms with van der Waals surface area (Å²) >= 11 is 7.94. The number of aromatic nitrogens is 1. The Hall–Kier alpha value is -0.940. The summed E-state index contributed by atoms with van der Waals surface area (Å²) in [5.74, 6) is 1.67. The first-order valence-electron chi connectivity index (χ1n) is 6.51. The van der Waals surface area contributed by atoms with E-state index in [0.717, 1.165) is 6.54 Å². The summed E-state index contributed by atoms with van der Waals surface area (Å²) in [6.45, 7) is 3.43. The molecule has 0 aliphatic carbocycles. The van der Waals surface area contributed by atoms with Gasteiger partial charge >= 0.3 is 0 Å². The first-order valence-corrected chi connectivity index (χ1v) is 7.93. The van der Waals surface area contributed by atoms with Crippen molar-refractivity contribution < 1.29 is 4.79 Å². The molecule has 1 unspecified atom stereocenters. The van der Waals surface area contributed by atoms with Crippen LogP contribution in [0.2, 0.25) is 5.02 Å². The minimum Gasteiger partial charge on any atom is -0.370 e. The molecule has 0 radical (unpaired) electrons. The van der Waals surface area contributed by atoms with E-state index in [1.54, 1.807) is 12.1 Å². The van der Waals surface area contributed by atoms with E-state index in [2.05, 4.69) is 15.6 Å². The van der Waals surface area contributed by atoms with E-state index in [9.17, 15) is 4.79 Å². The number of amides is 1. The van der Waals surface area contributed by atoms with Crippen molar-refractivity contribution in [1.29, 1.82) is 0 Å². The lowest BCUT2D eigenvalue weighted by Gasteiger charge is -2.11. The molecule has 1 aromatic heterocycles. The van der Waals surface area contributed by atoms with Gasteiger partial charge in [-0.1, -0.05) is 11.6 Å². The highest BCUT2D eigenvalue weighted by Gasteiger charge is 2.18. The first-order chi connectivity index (χ1) is 9.20. The maximum Gasteiger partial charge on any atom is 0.271 e. The molecule has 1 aliphatic heterocycles. The number of rotatable bonds is 5. The summed E-state index contributed by atoms with van der Waals surface area (Å²) in [4.78, 5) is 16.3. The lowest BCUT2D eigenvalue weighted by Crippen LogP contribution is -2.30. The van der Waals surface area contributed by atoms with E-state index in [0.29, 0.717) is 28.3 Å². The molecule has 1 aliphatic rings. The predicted octanol–water partition coefficient (Wildman–Crippen LogP) is 2.79. The average molecular weight is 300 g/mol. The van der Waals surface area contributed by atoms with Crippen molar-refractivity contribution in [2.45, 2.75) is 25.0 Å². The maximum atomic E-state index is 12.1. The molecule has 19 heavy (non-hydrogen) atoms. The fourth-order valence-corrected chi connectivity index (χ4v) is 3.37. The number of anilines is 1. The van der Waals surface area contributed by atoms with Crippen LogP contribution < -0.4 is 10.6 Å². The van der Waals surface area contributed by atoms with Crippen molar-refractivity contribution in [2.24, 2.45) is 0 Å². The maximum absolute atomic E-state index is 12.1. The summed E-state index contributed by atoms with van der Waals surface area (Å²) in [7, 11) is 0. The van der Waals surface area contributed by atoms with Crippen LogP contribution in [-0.4, -0.2) is 35.0 Å². The Balaban J connectivity index is 1.98. The zero-order valence-electron chi connectivity index (χ0n) is 10.9. The van der Waals surface area contributed by atoms with Gasteiger partial charge < -0.3 is 10.6 Å². The number of nitrogens with one attached hydrogen (secondary N) is 2. The van der Waals surface area contributed by atoms with Gasteiger partial charge in [0.2, 0.25) is 0 Å². The standard InChI is InChI=1S/C13H18ClN3OS/c1-2-15-11-6-5-10(14)12(17-11)13(18)16-8-9-4-3-7-19-9/h5-6,9H,2-4,7-8H2,1H3,(H,15,17)(H,16,18). The summed E-state index contributed by atoms with van der Waals surface area (Å²) in [6.07, 6.45) is 2.41. The topological polar surface area (TPSA) is 54.0 Å². The fraction of sp³-hybridized carbons (Fsp3) is 0.538. The van der Waals surface area contributed by atoms with Crippen LogP contribution in [0.3, 0.4) is 0 Å². The normalized spacial score (nSPS) is 18.3. The molecule has 104 valence electrons. The molecular weight excluding hydrogens is 282 g/mol. The second-order valence-corrected chi connectivity index (χ2v) is 6.22. The molecule has 0 saturated carbocycles. The number of nitrogens with zero attached hydrogens (tertiary/aromatic N) is 1. The third-order valence-electron chi connectivity index (χ3n) is 2.93. The Labute approximate surface area is 122 Å². The Morgan fingerprint density at radius 1 is 1.58 bits per heavy atom. The predicted molar refractivity (Wildman–Crippen MR) is 81.2 cm³/mol. The lowest BCUT2D eigenvalue weighted by atomic mass is 10.2. The van der Waals surface area contributed by atoms with E-state index < -0.39 is 0 Å². The van der Waals surface area contributed by atoms with Crippen LogP contribution in [0.25, 0.3) is 0 Å². The molecule has 0 aromatic carbocycles. The number of hydrogen-bond acceptors (Lipinski definition) is 4. The van der Waals surface area contributed by atoms with E-state index >= 15 is 0 Å². The highest BCUT2D eigenvalue weighted by molar-refractivity contribution is 8.00. The van der Waals surface area contributed by atoms with Crippen LogP contribution in [-0.2, 0) is 0 Å². The Kier molecular flexibility index (Phi) is 5.34. The Bertz CT molecular complexity index is 450. The van der Waals surface area contributed by atoms with Crippen molar-refractivity contribution in [1.82, 2.24) is 10.3 Å². The summed E-state index contributed by atoms with van der Waals surface area (Å²) in [6, 6.07) is 3.47. The van der Waals surface area contributed by atoms with Crippen molar-refractivity contribution in [3.8, 4) is 0 Å². The molecule has 0 spiro atoms. The highest BCUT2D eigenvalue weighted by Crippen LogP contribution is 2.25. The second-order valence-electron chi connectivity index (χ2n) is 4.40. The minimum atomic E-state index is -0.197. The summed E-state index contributed by atoms with van der Waals surface area (Å²) < 4.78 is 0. The van der Waals surface area contributed by atoms with Gasteiger partial charge in [0.15, 0.2) is 0 Å².